The van der Waals surface area contributed by atoms with Gasteiger partial charge in [0.25, 0.3) is 0 Å². The number of rotatable bonds is 3. The fourth-order valence-corrected chi connectivity index (χ4v) is 0.420. The molecule has 0 spiro atoms. The van der Waals surface area contributed by atoms with Gasteiger partial charge >= 0.3 is 18.1 Å². The second kappa shape index (κ2) is 5.43. The van der Waals surface area contributed by atoms with Crippen molar-refractivity contribution < 1.29 is 32.5 Å². The zero-order chi connectivity index (χ0) is 11.2. The molecule has 0 aliphatic carbocycles. The summed E-state index contributed by atoms with van der Waals surface area (Å²) in [5.74, 6) is -3.65. The second-order valence-electron chi connectivity index (χ2n) is 2.22. The maximum absolute atomic E-state index is 11.5. The van der Waals surface area contributed by atoms with Crippen LogP contribution in [-0.2, 0) is 19.4 Å². The molecule has 0 saturated carbocycles. The molecule has 0 fully saturated rings. The molecule has 0 aliphatic rings. The molecule has 0 heterocycles. The molecule has 0 aromatic heterocycles. The van der Waals surface area contributed by atoms with Crippen LogP contribution in [0.15, 0.2) is 0 Å². The predicted octanol–water partition coefficient (Wildman–Crippen LogP) is 0.289. The summed E-state index contributed by atoms with van der Waals surface area (Å²) in [6.07, 6.45) is -5.14. The lowest BCUT2D eigenvalue weighted by Gasteiger charge is -2.04. The molecule has 0 saturated heterocycles. The van der Waals surface area contributed by atoms with E-state index in [0.29, 0.717) is 0 Å². The van der Waals surface area contributed by atoms with Crippen molar-refractivity contribution in [1.29, 1.82) is 0 Å². The topological polar surface area (TPSA) is 78.6 Å². The van der Waals surface area contributed by atoms with Gasteiger partial charge in [0.05, 0.1) is 6.42 Å². The van der Waals surface area contributed by atoms with E-state index in [2.05, 4.69) is 9.78 Å². The van der Waals surface area contributed by atoms with Gasteiger partial charge in [0.15, 0.2) is 0 Å². The first-order valence-corrected chi connectivity index (χ1v) is 3.56. The molecule has 0 radical (unpaired) electrons. The van der Waals surface area contributed by atoms with Gasteiger partial charge in [-0.3, -0.25) is 0 Å². The van der Waals surface area contributed by atoms with Crippen molar-refractivity contribution in [2.45, 2.75) is 19.0 Å². The van der Waals surface area contributed by atoms with E-state index in [9.17, 15) is 22.8 Å². The lowest BCUT2D eigenvalue weighted by molar-refractivity contribution is -0.285. The summed E-state index contributed by atoms with van der Waals surface area (Å²) in [6.45, 7) is 0.183. The minimum atomic E-state index is -5.17. The maximum Gasteiger partial charge on any atom is 0.495 e. The van der Waals surface area contributed by atoms with Crippen LogP contribution in [0.25, 0.3) is 0 Å². The number of hydrogen-bond acceptors (Lipinski definition) is 5. The Morgan fingerprint density at radius 3 is 2.21 bits per heavy atom. The minimum Gasteiger partial charge on any atom is -0.330 e. The molecule has 0 amide bonds. The summed E-state index contributed by atoms with van der Waals surface area (Å²) in [5.41, 5.74) is 5.01. The van der Waals surface area contributed by atoms with Gasteiger partial charge in [-0.1, -0.05) is 0 Å². The molecular weight excluding hydrogens is 207 g/mol. The molecule has 5 nitrogen and oxygen atoms in total. The molecule has 8 heteroatoms. The number of halogens is 3. The zero-order valence-corrected chi connectivity index (χ0v) is 6.97. The lowest BCUT2D eigenvalue weighted by Crippen LogP contribution is -2.26. The third kappa shape index (κ3) is 5.36. The molecule has 0 aromatic carbocycles. The minimum absolute atomic E-state index is 0.183. The van der Waals surface area contributed by atoms with Crippen LogP contribution in [0.4, 0.5) is 13.2 Å². The number of alkyl halides is 3. The van der Waals surface area contributed by atoms with E-state index in [1.165, 1.54) is 0 Å². The van der Waals surface area contributed by atoms with E-state index >= 15 is 0 Å². The van der Waals surface area contributed by atoms with Gasteiger partial charge in [0.2, 0.25) is 0 Å². The first kappa shape index (κ1) is 12.7. The highest BCUT2D eigenvalue weighted by molar-refractivity contribution is 5.76. The van der Waals surface area contributed by atoms with Crippen LogP contribution < -0.4 is 5.73 Å². The Labute approximate surface area is 76.9 Å². The Morgan fingerprint density at radius 1 is 1.21 bits per heavy atom. The van der Waals surface area contributed by atoms with Crippen LogP contribution in [0.2, 0.25) is 0 Å². The Kier molecular flexibility index (Phi) is 4.92. The van der Waals surface area contributed by atoms with Crippen molar-refractivity contribution in [3.8, 4) is 0 Å². The van der Waals surface area contributed by atoms with Crippen LogP contribution in [0.1, 0.15) is 12.8 Å². The lowest BCUT2D eigenvalue weighted by atomic mass is 10.3. The molecular formula is C6H8F3NO4. The van der Waals surface area contributed by atoms with Crippen LogP contribution in [0.3, 0.4) is 0 Å². The molecule has 0 bridgehead atoms. The fraction of sp³-hybridized carbons (Fsp3) is 0.667. The Balaban J connectivity index is 3.73. The first-order valence-electron chi connectivity index (χ1n) is 3.56. The predicted molar refractivity (Wildman–Crippen MR) is 36.5 cm³/mol. The highest BCUT2D eigenvalue weighted by atomic mass is 19.4. The van der Waals surface area contributed by atoms with Crippen LogP contribution in [0, 0.1) is 0 Å². The van der Waals surface area contributed by atoms with Crippen molar-refractivity contribution >= 4 is 11.9 Å². The Hall–Kier alpha value is -1.31. The Morgan fingerprint density at radius 2 is 1.79 bits per heavy atom. The summed E-state index contributed by atoms with van der Waals surface area (Å²) >= 11 is 0. The van der Waals surface area contributed by atoms with Crippen molar-refractivity contribution in [2.24, 2.45) is 5.73 Å². The van der Waals surface area contributed by atoms with E-state index in [1.807, 2.05) is 0 Å². The largest absolute Gasteiger partial charge is 0.495 e. The van der Waals surface area contributed by atoms with Gasteiger partial charge in [-0.25, -0.2) is 19.4 Å². The number of carbonyl (C=O) groups is 2. The third-order valence-electron chi connectivity index (χ3n) is 1.03. The quantitative estimate of drug-likeness (QED) is 0.540. The van der Waals surface area contributed by atoms with Gasteiger partial charge < -0.3 is 5.73 Å². The molecule has 0 unspecified atom stereocenters. The summed E-state index contributed by atoms with van der Waals surface area (Å²) in [4.78, 5) is 27.3. The van der Waals surface area contributed by atoms with E-state index in [1.54, 1.807) is 0 Å². The molecule has 2 N–H and O–H groups in total. The summed E-state index contributed by atoms with van der Waals surface area (Å²) in [6, 6.07) is 0. The normalized spacial score (nSPS) is 10.9. The molecule has 0 aliphatic heterocycles. The molecule has 14 heavy (non-hydrogen) atoms. The van der Waals surface area contributed by atoms with Crippen molar-refractivity contribution in [3.63, 3.8) is 0 Å². The van der Waals surface area contributed by atoms with E-state index in [0.717, 1.165) is 0 Å². The zero-order valence-electron chi connectivity index (χ0n) is 6.97. The third-order valence-corrected chi connectivity index (χ3v) is 1.03. The number of carbonyl (C=O) groups excluding carboxylic acids is 2. The van der Waals surface area contributed by atoms with E-state index < -0.39 is 18.1 Å². The van der Waals surface area contributed by atoms with E-state index in [4.69, 9.17) is 5.73 Å². The van der Waals surface area contributed by atoms with Gasteiger partial charge in [-0.15, -0.1) is 0 Å². The first-order chi connectivity index (χ1) is 6.38. The molecule has 82 valence electrons. The standard InChI is InChI=1S/C6H8F3NO4/c7-6(8,9)5(12)14-13-4(11)2-1-3-10/h1-3,10H2. The van der Waals surface area contributed by atoms with Gasteiger partial charge in [-0.05, 0) is 13.0 Å². The fourth-order valence-electron chi connectivity index (χ4n) is 0.420. The van der Waals surface area contributed by atoms with Crippen LogP contribution in [-0.4, -0.2) is 24.7 Å². The SMILES string of the molecule is NCCCC(=O)OOC(=O)C(F)(F)F. The Bertz CT molecular complexity index is 216. The summed E-state index contributed by atoms with van der Waals surface area (Å²) < 4.78 is 34.4. The van der Waals surface area contributed by atoms with Crippen LogP contribution in [0.5, 0.6) is 0 Å². The average Bonchev–Trinajstić information content (AvgIpc) is 2.09. The highest BCUT2D eigenvalue weighted by Gasteiger charge is 2.43. The van der Waals surface area contributed by atoms with Gasteiger partial charge in [0, 0.05) is 0 Å². The molecule has 0 atom stereocenters. The monoisotopic (exact) mass is 215 g/mol. The highest BCUT2D eigenvalue weighted by Crippen LogP contribution is 2.16. The summed E-state index contributed by atoms with van der Waals surface area (Å²) in [5, 5.41) is 0. The van der Waals surface area contributed by atoms with Crippen molar-refractivity contribution in [1.82, 2.24) is 0 Å². The van der Waals surface area contributed by atoms with E-state index in [-0.39, 0.29) is 19.4 Å². The van der Waals surface area contributed by atoms with Gasteiger partial charge in [0.1, 0.15) is 0 Å². The second-order valence-corrected chi connectivity index (χ2v) is 2.22. The van der Waals surface area contributed by atoms with Crippen LogP contribution >= 0.6 is 0 Å². The maximum atomic E-state index is 11.5. The average molecular weight is 215 g/mol. The van der Waals surface area contributed by atoms with Crippen molar-refractivity contribution in [3.05, 3.63) is 0 Å². The smallest absolute Gasteiger partial charge is 0.330 e. The summed E-state index contributed by atoms with van der Waals surface area (Å²) in [7, 11) is 0. The number of nitrogens with two attached hydrogens (primary N) is 1. The van der Waals surface area contributed by atoms with Crippen molar-refractivity contribution in [2.75, 3.05) is 6.54 Å². The molecule has 0 rings (SSSR count). The van der Waals surface area contributed by atoms with Gasteiger partial charge in [-0.2, -0.15) is 13.2 Å². The molecule has 0 aromatic rings. The number of hydrogen-bond donors (Lipinski definition) is 1.